The van der Waals surface area contributed by atoms with Crippen molar-refractivity contribution in [3.63, 3.8) is 0 Å². The van der Waals surface area contributed by atoms with E-state index in [1.165, 1.54) is 13.2 Å². The summed E-state index contributed by atoms with van der Waals surface area (Å²) in [6.45, 7) is 4.81. The Morgan fingerprint density at radius 1 is 1.04 bits per heavy atom. The molecule has 6 heteroatoms. The monoisotopic (exact) mass is 368 g/mol. The van der Waals surface area contributed by atoms with E-state index < -0.39 is 5.97 Å². The number of esters is 1. The number of Topliss-reactive ketones (excluding diaryl/α,β-unsaturated/α-hetero) is 1. The molecular weight excluding hydrogens is 348 g/mol. The van der Waals surface area contributed by atoms with Crippen molar-refractivity contribution in [1.82, 2.24) is 0 Å². The summed E-state index contributed by atoms with van der Waals surface area (Å²) in [6.07, 6.45) is 1.64. The fourth-order valence-electron chi connectivity index (χ4n) is 2.74. The molecule has 0 fully saturated rings. The summed E-state index contributed by atoms with van der Waals surface area (Å²) in [5, 5.41) is 0. The topological polar surface area (TPSA) is 71.1 Å². The highest BCUT2D eigenvalue weighted by molar-refractivity contribution is 6.15. The first kappa shape index (κ1) is 18.5. The number of rotatable bonds is 6. The molecule has 3 rings (SSSR count). The van der Waals surface area contributed by atoms with Gasteiger partial charge in [-0.3, -0.25) is 4.79 Å². The van der Waals surface area contributed by atoms with Crippen molar-refractivity contribution in [3.8, 4) is 17.2 Å². The lowest BCUT2D eigenvalue weighted by molar-refractivity contribution is 0.0600. The molecule has 2 aromatic rings. The Hall–Kier alpha value is -3.28. The maximum Gasteiger partial charge on any atom is 0.337 e. The van der Waals surface area contributed by atoms with Crippen LogP contribution in [0.1, 0.15) is 40.1 Å². The standard InChI is InChI=1S/C21H20O6/c1-4-25-17-8-6-13(10-18(17)26-5-2)11-19-20(22)15-12-14(21(23)24-3)7-9-16(15)27-19/h6-12H,4-5H2,1-3H3/b19-11+. The van der Waals surface area contributed by atoms with E-state index >= 15 is 0 Å². The van der Waals surface area contributed by atoms with E-state index in [2.05, 4.69) is 4.74 Å². The van der Waals surface area contributed by atoms with Gasteiger partial charge in [0.05, 0.1) is 31.5 Å². The van der Waals surface area contributed by atoms with Gasteiger partial charge in [-0.05, 0) is 55.8 Å². The van der Waals surface area contributed by atoms with E-state index in [4.69, 9.17) is 14.2 Å². The minimum absolute atomic E-state index is 0.179. The number of ether oxygens (including phenoxy) is 4. The van der Waals surface area contributed by atoms with Gasteiger partial charge >= 0.3 is 5.97 Å². The van der Waals surface area contributed by atoms with E-state index in [1.807, 2.05) is 19.9 Å². The molecule has 0 aliphatic carbocycles. The Morgan fingerprint density at radius 3 is 2.48 bits per heavy atom. The van der Waals surface area contributed by atoms with Gasteiger partial charge in [0.15, 0.2) is 17.3 Å². The van der Waals surface area contributed by atoms with Crippen LogP contribution in [0.4, 0.5) is 0 Å². The normalized spacial score (nSPS) is 13.9. The van der Waals surface area contributed by atoms with Crippen molar-refractivity contribution < 1.29 is 28.5 Å². The van der Waals surface area contributed by atoms with Gasteiger partial charge in [0, 0.05) is 0 Å². The largest absolute Gasteiger partial charge is 0.490 e. The van der Waals surface area contributed by atoms with Crippen molar-refractivity contribution in [2.45, 2.75) is 13.8 Å². The summed E-state index contributed by atoms with van der Waals surface area (Å²) in [5.74, 6) is 1.04. The van der Waals surface area contributed by atoms with Crippen molar-refractivity contribution in [1.29, 1.82) is 0 Å². The highest BCUT2D eigenvalue weighted by atomic mass is 16.5. The molecule has 2 aromatic carbocycles. The minimum Gasteiger partial charge on any atom is -0.490 e. The van der Waals surface area contributed by atoms with Crippen LogP contribution < -0.4 is 14.2 Å². The number of benzene rings is 2. The van der Waals surface area contributed by atoms with Crippen LogP contribution in [0.2, 0.25) is 0 Å². The number of hydrogen-bond donors (Lipinski definition) is 0. The second-order valence-electron chi connectivity index (χ2n) is 5.71. The van der Waals surface area contributed by atoms with Gasteiger partial charge < -0.3 is 18.9 Å². The Labute approximate surface area is 157 Å². The third kappa shape index (κ3) is 3.79. The number of hydrogen-bond acceptors (Lipinski definition) is 6. The molecule has 0 radical (unpaired) electrons. The Bertz CT molecular complexity index is 913. The number of ketones is 1. The summed E-state index contributed by atoms with van der Waals surface area (Å²) < 4.78 is 21.5. The van der Waals surface area contributed by atoms with Crippen LogP contribution in [0, 0.1) is 0 Å². The van der Waals surface area contributed by atoms with E-state index in [9.17, 15) is 9.59 Å². The van der Waals surface area contributed by atoms with Crippen molar-refractivity contribution >= 4 is 17.8 Å². The van der Waals surface area contributed by atoms with Crippen LogP contribution in [0.25, 0.3) is 6.08 Å². The second kappa shape index (κ2) is 7.95. The van der Waals surface area contributed by atoms with E-state index in [0.29, 0.717) is 41.6 Å². The molecule has 1 aliphatic rings. The van der Waals surface area contributed by atoms with Crippen LogP contribution in [-0.4, -0.2) is 32.1 Å². The van der Waals surface area contributed by atoms with Crippen LogP contribution in [-0.2, 0) is 4.74 Å². The molecular formula is C21H20O6. The number of fused-ring (bicyclic) bond motifs is 1. The zero-order valence-electron chi connectivity index (χ0n) is 15.4. The van der Waals surface area contributed by atoms with Gasteiger partial charge in [-0.15, -0.1) is 0 Å². The molecule has 0 saturated carbocycles. The average Bonchev–Trinajstić information content (AvgIpc) is 2.98. The summed E-state index contributed by atoms with van der Waals surface area (Å²) >= 11 is 0. The molecule has 140 valence electrons. The molecule has 0 spiro atoms. The van der Waals surface area contributed by atoms with Crippen LogP contribution >= 0.6 is 0 Å². The number of carbonyl (C=O) groups excluding carboxylic acids is 2. The van der Waals surface area contributed by atoms with Gasteiger partial charge in [-0.2, -0.15) is 0 Å². The quantitative estimate of drug-likeness (QED) is 0.569. The molecule has 0 saturated heterocycles. The first-order valence-electron chi connectivity index (χ1n) is 8.63. The summed E-state index contributed by atoms with van der Waals surface area (Å²) in [4.78, 5) is 24.3. The first-order valence-corrected chi connectivity index (χ1v) is 8.63. The van der Waals surface area contributed by atoms with Gasteiger partial charge in [0.25, 0.3) is 0 Å². The average molecular weight is 368 g/mol. The van der Waals surface area contributed by atoms with E-state index in [-0.39, 0.29) is 11.5 Å². The smallest absolute Gasteiger partial charge is 0.337 e. The molecule has 0 aromatic heterocycles. The van der Waals surface area contributed by atoms with Gasteiger partial charge in [-0.25, -0.2) is 4.79 Å². The second-order valence-corrected chi connectivity index (χ2v) is 5.71. The van der Waals surface area contributed by atoms with Crippen LogP contribution in [0.5, 0.6) is 17.2 Å². The van der Waals surface area contributed by atoms with Gasteiger partial charge in [0.1, 0.15) is 5.75 Å². The highest BCUT2D eigenvalue weighted by Crippen LogP contribution is 2.34. The highest BCUT2D eigenvalue weighted by Gasteiger charge is 2.28. The molecule has 6 nitrogen and oxygen atoms in total. The fraction of sp³-hybridized carbons (Fsp3) is 0.238. The van der Waals surface area contributed by atoms with Gasteiger partial charge in [-0.1, -0.05) is 6.07 Å². The number of carbonyl (C=O) groups is 2. The third-order valence-corrected chi connectivity index (χ3v) is 3.95. The summed E-state index contributed by atoms with van der Waals surface area (Å²) in [5.41, 5.74) is 1.38. The van der Waals surface area contributed by atoms with Gasteiger partial charge in [0.2, 0.25) is 5.78 Å². The molecule has 0 N–H and O–H groups in total. The maximum absolute atomic E-state index is 12.6. The number of allylic oxidation sites excluding steroid dienone is 1. The molecule has 0 amide bonds. The third-order valence-electron chi connectivity index (χ3n) is 3.95. The molecule has 0 unspecified atom stereocenters. The Kier molecular flexibility index (Phi) is 5.45. The molecule has 0 atom stereocenters. The SMILES string of the molecule is CCOc1ccc(/C=C2/Oc3ccc(C(=O)OC)cc3C2=O)cc1OCC. The molecule has 27 heavy (non-hydrogen) atoms. The fourth-order valence-corrected chi connectivity index (χ4v) is 2.74. The molecule has 1 aliphatic heterocycles. The summed E-state index contributed by atoms with van der Waals surface area (Å²) in [7, 11) is 1.29. The lowest BCUT2D eigenvalue weighted by Gasteiger charge is -2.11. The summed E-state index contributed by atoms with van der Waals surface area (Å²) in [6, 6.07) is 10.0. The Morgan fingerprint density at radius 2 is 1.78 bits per heavy atom. The number of methoxy groups -OCH3 is 1. The lowest BCUT2D eigenvalue weighted by atomic mass is 10.1. The predicted molar refractivity (Wildman–Crippen MR) is 99.5 cm³/mol. The van der Waals surface area contributed by atoms with E-state index in [1.54, 1.807) is 30.3 Å². The Balaban J connectivity index is 1.91. The van der Waals surface area contributed by atoms with Crippen molar-refractivity contribution in [3.05, 3.63) is 58.8 Å². The van der Waals surface area contributed by atoms with E-state index in [0.717, 1.165) is 5.56 Å². The zero-order chi connectivity index (χ0) is 19.4. The lowest BCUT2D eigenvalue weighted by Crippen LogP contribution is -2.03. The predicted octanol–water partition coefficient (Wildman–Crippen LogP) is 3.89. The van der Waals surface area contributed by atoms with Crippen molar-refractivity contribution in [2.75, 3.05) is 20.3 Å². The zero-order valence-corrected chi connectivity index (χ0v) is 15.4. The molecule has 1 heterocycles. The minimum atomic E-state index is -0.504. The maximum atomic E-state index is 12.6. The van der Waals surface area contributed by atoms with Crippen molar-refractivity contribution in [2.24, 2.45) is 0 Å². The molecule has 0 bridgehead atoms. The van der Waals surface area contributed by atoms with Crippen LogP contribution in [0.15, 0.2) is 42.2 Å². The first-order chi connectivity index (χ1) is 13.1. The van der Waals surface area contributed by atoms with Crippen LogP contribution in [0.3, 0.4) is 0 Å².